The van der Waals surface area contributed by atoms with Crippen LogP contribution in [0.3, 0.4) is 0 Å². The molecule has 0 spiro atoms. The lowest BCUT2D eigenvalue weighted by Gasteiger charge is -2.28. The molecule has 2 rings (SSSR count). The van der Waals surface area contributed by atoms with E-state index in [2.05, 4.69) is 12.0 Å². The van der Waals surface area contributed by atoms with Crippen LogP contribution >= 0.6 is 23.4 Å². The van der Waals surface area contributed by atoms with E-state index < -0.39 is 0 Å². The van der Waals surface area contributed by atoms with Gasteiger partial charge in [-0.05, 0) is 59.3 Å². The van der Waals surface area contributed by atoms with Crippen molar-refractivity contribution in [3.63, 3.8) is 0 Å². The van der Waals surface area contributed by atoms with Crippen molar-refractivity contribution >= 4 is 23.4 Å². The van der Waals surface area contributed by atoms with Crippen LogP contribution in [-0.4, -0.2) is 28.2 Å². The lowest BCUT2D eigenvalue weighted by Crippen LogP contribution is -2.36. The average molecular weight is 359 g/mol. The van der Waals surface area contributed by atoms with Crippen LogP contribution in [0.4, 0.5) is 0 Å². The van der Waals surface area contributed by atoms with Gasteiger partial charge in [-0.3, -0.25) is 4.79 Å². The predicted octanol–water partition coefficient (Wildman–Crippen LogP) is 4.34. The minimum Gasteiger partial charge on any atom is -0.379 e. The highest BCUT2D eigenvalue weighted by atomic mass is 35.5. The van der Waals surface area contributed by atoms with Crippen molar-refractivity contribution in [2.24, 2.45) is 5.92 Å². The summed E-state index contributed by atoms with van der Waals surface area (Å²) < 4.78 is 7.14. The smallest absolute Gasteiger partial charge is 0.287 e. The van der Waals surface area contributed by atoms with E-state index in [1.165, 1.54) is 17.5 Å². The number of hydrogen-bond donors (Lipinski definition) is 0. The molecular formula is C17H27ClN2O2S. The molecule has 4 nitrogen and oxygen atoms in total. The van der Waals surface area contributed by atoms with Crippen LogP contribution in [0.5, 0.6) is 0 Å². The predicted molar refractivity (Wildman–Crippen MR) is 96.6 cm³/mol. The van der Waals surface area contributed by atoms with E-state index in [1.807, 2.05) is 20.8 Å². The Balaban J connectivity index is 1.95. The molecule has 1 fully saturated rings. The van der Waals surface area contributed by atoms with Crippen LogP contribution in [-0.2, 0) is 10.3 Å². The summed E-state index contributed by atoms with van der Waals surface area (Å²) in [4.78, 5) is 13.1. The molecule has 1 aromatic heterocycles. The first-order chi connectivity index (χ1) is 10.8. The van der Waals surface area contributed by atoms with Gasteiger partial charge in [-0.25, -0.2) is 4.68 Å². The SMILES string of the molecule is CCOC1CCC(CSc2cnn(C(C)(C)C)c(=O)c2Cl)CC1. The zero-order valence-electron chi connectivity index (χ0n) is 14.5. The summed E-state index contributed by atoms with van der Waals surface area (Å²) in [6, 6.07) is 0. The van der Waals surface area contributed by atoms with Crippen molar-refractivity contribution in [2.45, 2.75) is 69.9 Å². The Bertz CT molecular complexity index is 575. The fraction of sp³-hybridized carbons (Fsp3) is 0.765. The maximum atomic E-state index is 12.3. The van der Waals surface area contributed by atoms with Gasteiger partial charge in [0.15, 0.2) is 0 Å². The number of hydrogen-bond acceptors (Lipinski definition) is 4. The number of thioether (sulfide) groups is 1. The maximum Gasteiger partial charge on any atom is 0.287 e. The Labute approximate surface area is 147 Å². The van der Waals surface area contributed by atoms with Crippen molar-refractivity contribution in [1.29, 1.82) is 0 Å². The van der Waals surface area contributed by atoms with E-state index in [0.717, 1.165) is 30.1 Å². The molecule has 0 radical (unpaired) electrons. The van der Waals surface area contributed by atoms with E-state index in [9.17, 15) is 4.79 Å². The van der Waals surface area contributed by atoms with Crippen LogP contribution in [0, 0.1) is 5.92 Å². The van der Waals surface area contributed by atoms with Crippen molar-refractivity contribution in [2.75, 3.05) is 12.4 Å². The molecule has 0 atom stereocenters. The molecule has 0 bridgehead atoms. The fourth-order valence-electron chi connectivity index (χ4n) is 2.90. The highest BCUT2D eigenvalue weighted by Gasteiger charge is 2.23. The molecule has 1 heterocycles. The van der Waals surface area contributed by atoms with Gasteiger partial charge >= 0.3 is 0 Å². The molecule has 0 saturated heterocycles. The molecular weight excluding hydrogens is 332 g/mol. The van der Waals surface area contributed by atoms with Crippen LogP contribution in [0.1, 0.15) is 53.4 Å². The van der Waals surface area contributed by atoms with E-state index in [1.54, 1.807) is 18.0 Å². The summed E-state index contributed by atoms with van der Waals surface area (Å²) in [6.07, 6.45) is 6.80. The monoisotopic (exact) mass is 358 g/mol. The van der Waals surface area contributed by atoms with Gasteiger partial charge in [-0.2, -0.15) is 5.10 Å². The second kappa shape index (κ2) is 8.04. The van der Waals surface area contributed by atoms with Gasteiger partial charge in [0.05, 0.1) is 22.7 Å². The third-order valence-corrected chi connectivity index (χ3v) is 5.93. The lowest BCUT2D eigenvalue weighted by atomic mass is 9.89. The molecule has 0 aliphatic heterocycles. The molecule has 1 aromatic rings. The van der Waals surface area contributed by atoms with Gasteiger partial charge in [0, 0.05) is 12.4 Å². The van der Waals surface area contributed by atoms with Crippen molar-refractivity contribution in [3.05, 3.63) is 21.6 Å². The normalized spacial score (nSPS) is 22.3. The van der Waals surface area contributed by atoms with Crippen molar-refractivity contribution in [1.82, 2.24) is 9.78 Å². The molecule has 0 aromatic carbocycles. The largest absolute Gasteiger partial charge is 0.379 e. The zero-order valence-corrected chi connectivity index (χ0v) is 16.0. The first-order valence-corrected chi connectivity index (χ1v) is 9.72. The van der Waals surface area contributed by atoms with Crippen molar-refractivity contribution in [3.8, 4) is 0 Å². The van der Waals surface area contributed by atoms with Gasteiger partial charge in [-0.1, -0.05) is 11.6 Å². The minimum atomic E-state index is -0.360. The highest BCUT2D eigenvalue weighted by Crippen LogP contribution is 2.33. The van der Waals surface area contributed by atoms with E-state index in [4.69, 9.17) is 16.3 Å². The van der Waals surface area contributed by atoms with Gasteiger partial charge in [-0.15, -0.1) is 11.8 Å². The number of nitrogens with zero attached hydrogens (tertiary/aromatic N) is 2. The summed E-state index contributed by atoms with van der Waals surface area (Å²) in [5.41, 5.74) is -0.564. The standard InChI is InChI=1S/C17H27ClN2O2S/c1-5-22-13-8-6-12(7-9-13)11-23-14-10-19-20(17(2,3)4)16(21)15(14)18/h10,12-13H,5-9,11H2,1-4H3. The zero-order chi connectivity index (χ0) is 17.0. The maximum absolute atomic E-state index is 12.3. The molecule has 1 aliphatic carbocycles. The van der Waals surface area contributed by atoms with E-state index in [0.29, 0.717) is 17.0 Å². The Morgan fingerprint density at radius 1 is 1.35 bits per heavy atom. The average Bonchev–Trinajstić information content (AvgIpc) is 2.49. The Morgan fingerprint density at radius 2 is 2.00 bits per heavy atom. The molecule has 1 aliphatic rings. The lowest BCUT2D eigenvalue weighted by molar-refractivity contribution is 0.0281. The van der Waals surface area contributed by atoms with Gasteiger partial charge in [0.25, 0.3) is 5.56 Å². The summed E-state index contributed by atoms with van der Waals surface area (Å²) in [5, 5.41) is 4.58. The molecule has 6 heteroatoms. The molecule has 130 valence electrons. The Kier molecular flexibility index (Phi) is 6.57. The van der Waals surface area contributed by atoms with Crippen LogP contribution < -0.4 is 5.56 Å². The Hall–Kier alpha value is -0.520. The number of ether oxygens (including phenoxy) is 1. The van der Waals surface area contributed by atoms with Gasteiger partial charge < -0.3 is 4.74 Å². The molecule has 23 heavy (non-hydrogen) atoms. The third kappa shape index (κ3) is 4.97. The molecule has 1 saturated carbocycles. The number of aromatic nitrogens is 2. The summed E-state index contributed by atoms with van der Waals surface area (Å²) >= 11 is 7.93. The molecule has 0 amide bonds. The minimum absolute atomic E-state index is 0.204. The van der Waals surface area contributed by atoms with Crippen LogP contribution in [0.25, 0.3) is 0 Å². The quantitative estimate of drug-likeness (QED) is 0.734. The Morgan fingerprint density at radius 3 is 2.57 bits per heavy atom. The first-order valence-electron chi connectivity index (χ1n) is 8.35. The van der Waals surface area contributed by atoms with E-state index >= 15 is 0 Å². The molecule has 0 N–H and O–H groups in total. The first kappa shape index (κ1) is 18.8. The third-order valence-electron chi connectivity index (χ3n) is 4.19. The number of halogens is 1. The fourth-order valence-corrected chi connectivity index (χ4v) is 4.28. The second-order valence-corrected chi connectivity index (χ2v) is 8.56. The van der Waals surface area contributed by atoms with Crippen LogP contribution in [0.15, 0.2) is 15.9 Å². The summed E-state index contributed by atoms with van der Waals surface area (Å²) in [5.74, 6) is 1.65. The van der Waals surface area contributed by atoms with Crippen molar-refractivity contribution < 1.29 is 4.74 Å². The highest BCUT2D eigenvalue weighted by molar-refractivity contribution is 7.99. The van der Waals surface area contributed by atoms with Gasteiger partial charge in [0.1, 0.15) is 5.02 Å². The molecule has 0 unspecified atom stereocenters. The van der Waals surface area contributed by atoms with E-state index in [-0.39, 0.29) is 11.1 Å². The second-order valence-electron chi connectivity index (χ2n) is 7.12. The van der Waals surface area contributed by atoms with Gasteiger partial charge in [0.2, 0.25) is 0 Å². The number of rotatable bonds is 5. The summed E-state index contributed by atoms with van der Waals surface area (Å²) in [7, 11) is 0. The topological polar surface area (TPSA) is 44.1 Å². The summed E-state index contributed by atoms with van der Waals surface area (Å²) in [6.45, 7) is 8.69. The van der Waals surface area contributed by atoms with Crippen LogP contribution in [0.2, 0.25) is 5.02 Å².